The summed E-state index contributed by atoms with van der Waals surface area (Å²) < 4.78 is 5.24. The number of benzene rings is 2. The summed E-state index contributed by atoms with van der Waals surface area (Å²) in [7, 11) is 0. The lowest BCUT2D eigenvalue weighted by atomic mass is 10.1. The van der Waals surface area contributed by atoms with Crippen molar-refractivity contribution in [2.75, 3.05) is 42.6 Å². The number of H-pyrrole nitrogens is 1. The van der Waals surface area contributed by atoms with Gasteiger partial charge in [-0.15, -0.1) is 0 Å². The lowest BCUT2D eigenvalue weighted by Gasteiger charge is -2.37. The number of esters is 1. The van der Waals surface area contributed by atoms with Crippen LogP contribution < -0.4 is 9.80 Å². The van der Waals surface area contributed by atoms with E-state index in [-0.39, 0.29) is 12.4 Å². The van der Waals surface area contributed by atoms with Gasteiger partial charge in [0, 0.05) is 37.4 Å². The summed E-state index contributed by atoms with van der Waals surface area (Å²) in [6.45, 7) is 5.19. The third-order valence-electron chi connectivity index (χ3n) is 5.29. The van der Waals surface area contributed by atoms with Crippen molar-refractivity contribution in [3.8, 4) is 0 Å². The lowest BCUT2D eigenvalue weighted by Crippen LogP contribution is -2.47. The molecule has 1 aliphatic rings. The molecule has 154 valence electrons. The summed E-state index contributed by atoms with van der Waals surface area (Å²) in [5.74, 6) is 0.0945. The largest absolute Gasteiger partial charge is 0.462 e. The molecule has 0 radical (unpaired) electrons. The van der Waals surface area contributed by atoms with E-state index in [1.807, 2.05) is 36.4 Å². The first-order chi connectivity index (χ1) is 14.7. The fraction of sp³-hybridized carbons (Fsp3) is 0.250. The smallest absolute Gasteiger partial charge is 0.341 e. The Balaban J connectivity index is 1.58. The van der Waals surface area contributed by atoms with E-state index in [2.05, 4.69) is 26.9 Å². The summed E-state index contributed by atoms with van der Waals surface area (Å²) in [4.78, 5) is 33.1. The van der Waals surface area contributed by atoms with Crippen molar-refractivity contribution in [1.29, 1.82) is 0 Å². The van der Waals surface area contributed by atoms with Crippen LogP contribution in [0, 0.1) is 0 Å². The molecule has 0 saturated carbocycles. The van der Waals surface area contributed by atoms with Gasteiger partial charge in [0.05, 0.1) is 12.3 Å². The lowest BCUT2D eigenvalue weighted by molar-refractivity contribution is 0.0527. The Kier molecular flexibility index (Phi) is 5.84. The summed E-state index contributed by atoms with van der Waals surface area (Å²) in [5, 5.41) is 0. The normalized spacial score (nSPS) is 13.9. The molecule has 0 aliphatic carbocycles. The predicted octanol–water partition coefficient (Wildman–Crippen LogP) is 3.75. The number of hydrogen-bond donors (Lipinski definition) is 1. The average molecular weight is 403 g/mol. The number of rotatable bonds is 6. The summed E-state index contributed by atoms with van der Waals surface area (Å²) in [6.07, 6.45) is 0. The van der Waals surface area contributed by atoms with E-state index in [1.54, 1.807) is 25.1 Å². The topological polar surface area (TPSA) is 65.6 Å². The van der Waals surface area contributed by atoms with Crippen molar-refractivity contribution >= 4 is 23.3 Å². The van der Waals surface area contributed by atoms with Crippen LogP contribution in [0.5, 0.6) is 0 Å². The van der Waals surface area contributed by atoms with Crippen LogP contribution in [-0.4, -0.2) is 49.5 Å². The van der Waals surface area contributed by atoms with Crippen molar-refractivity contribution in [1.82, 2.24) is 4.98 Å². The maximum Gasteiger partial charge on any atom is 0.341 e. The highest BCUT2D eigenvalue weighted by Crippen LogP contribution is 2.26. The second-order valence-corrected chi connectivity index (χ2v) is 7.17. The Morgan fingerprint density at radius 2 is 1.50 bits per heavy atom. The molecule has 0 atom stereocenters. The Labute approximate surface area is 176 Å². The zero-order chi connectivity index (χ0) is 20.9. The van der Waals surface area contributed by atoms with Crippen LogP contribution in [0.3, 0.4) is 0 Å². The van der Waals surface area contributed by atoms with Gasteiger partial charge in [0.25, 0.3) is 0 Å². The second-order valence-electron chi connectivity index (χ2n) is 7.17. The molecule has 0 bridgehead atoms. The number of carbonyl (C=O) groups excluding carboxylic acids is 2. The first-order valence-electron chi connectivity index (χ1n) is 10.2. The Morgan fingerprint density at radius 3 is 2.13 bits per heavy atom. The number of para-hydroxylation sites is 1. The monoisotopic (exact) mass is 403 g/mol. The van der Waals surface area contributed by atoms with Crippen LogP contribution in [-0.2, 0) is 4.74 Å². The third kappa shape index (κ3) is 4.08. The molecule has 2 heterocycles. The van der Waals surface area contributed by atoms with Crippen LogP contribution in [0.2, 0.25) is 0 Å². The zero-order valence-electron chi connectivity index (χ0n) is 17.0. The molecule has 30 heavy (non-hydrogen) atoms. The van der Waals surface area contributed by atoms with Crippen LogP contribution >= 0.6 is 0 Å². The molecule has 4 rings (SSSR count). The number of ketones is 1. The molecule has 1 aromatic heterocycles. The average Bonchev–Trinajstić information content (AvgIpc) is 3.26. The maximum atomic E-state index is 12.9. The van der Waals surface area contributed by atoms with Crippen LogP contribution in [0.4, 0.5) is 11.5 Å². The highest BCUT2D eigenvalue weighted by molar-refractivity contribution is 6.10. The van der Waals surface area contributed by atoms with E-state index < -0.39 is 5.97 Å². The summed E-state index contributed by atoms with van der Waals surface area (Å²) in [5.41, 5.74) is 2.57. The van der Waals surface area contributed by atoms with Crippen LogP contribution in [0.15, 0.2) is 66.7 Å². The zero-order valence-corrected chi connectivity index (χ0v) is 17.0. The van der Waals surface area contributed by atoms with Gasteiger partial charge >= 0.3 is 5.97 Å². The van der Waals surface area contributed by atoms with E-state index in [0.29, 0.717) is 22.6 Å². The number of aromatic amines is 1. The van der Waals surface area contributed by atoms with E-state index in [0.717, 1.165) is 26.2 Å². The number of nitrogens with one attached hydrogen (secondary N) is 1. The predicted molar refractivity (Wildman–Crippen MR) is 117 cm³/mol. The fourth-order valence-corrected chi connectivity index (χ4v) is 3.75. The highest BCUT2D eigenvalue weighted by Gasteiger charge is 2.26. The van der Waals surface area contributed by atoms with E-state index >= 15 is 0 Å². The van der Waals surface area contributed by atoms with Crippen molar-refractivity contribution in [3.05, 3.63) is 83.6 Å². The number of anilines is 2. The van der Waals surface area contributed by atoms with Crippen molar-refractivity contribution < 1.29 is 14.3 Å². The van der Waals surface area contributed by atoms with Crippen molar-refractivity contribution in [3.63, 3.8) is 0 Å². The van der Waals surface area contributed by atoms with Gasteiger partial charge in [-0.25, -0.2) is 4.79 Å². The first-order valence-corrected chi connectivity index (χ1v) is 10.2. The molecule has 0 spiro atoms. The number of hydrogen-bond acceptors (Lipinski definition) is 5. The number of piperazine rings is 1. The van der Waals surface area contributed by atoms with E-state index in [4.69, 9.17) is 4.74 Å². The number of ether oxygens (including phenoxy) is 1. The van der Waals surface area contributed by atoms with Crippen molar-refractivity contribution in [2.24, 2.45) is 0 Å². The van der Waals surface area contributed by atoms with Gasteiger partial charge in [-0.1, -0.05) is 48.5 Å². The minimum atomic E-state index is -0.415. The van der Waals surface area contributed by atoms with Crippen LogP contribution in [0.25, 0.3) is 0 Å². The number of aromatic nitrogens is 1. The van der Waals surface area contributed by atoms with Gasteiger partial charge in [-0.3, -0.25) is 4.79 Å². The minimum absolute atomic E-state index is 0.143. The third-order valence-corrected chi connectivity index (χ3v) is 5.29. The second kappa shape index (κ2) is 8.86. The molecule has 1 N–H and O–H groups in total. The number of nitrogens with zero attached hydrogens (tertiary/aromatic N) is 2. The molecule has 0 unspecified atom stereocenters. The molecule has 6 nitrogen and oxygen atoms in total. The first kappa shape index (κ1) is 19.8. The Morgan fingerprint density at radius 1 is 0.900 bits per heavy atom. The molecule has 6 heteroatoms. The van der Waals surface area contributed by atoms with Gasteiger partial charge < -0.3 is 19.5 Å². The highest BCUT2D eigenvalue weighted by atomic mass is 16.5. The van der Waals surface area contributed by atoms with Gasteiger partial charge in [-0.05, 0) is 25.1 Å². The standard InChI is InChI=1S/C24H25N3O3/c1-2-30-24(29)20-17-21(22(28)18-9-5-3-6-10-18)25-23(20)27-15-13-26(14-16-27)19-11-7-4-8-12-19/h3-12,17,25H,2,13-16H2,1H3. The van der Waals surface area contributed by atoms with Crippen molar-refractivity contribution in [2.45, 2.75) is 6.92 Å². The molecule has 1 saturated heterocycles. The van der Waals surface area contributed by atoms with Crippen LogP contribution in [0.1, 0.15) is 33.3 Å². The van der Waals surface area contributed by atoms with Gasteiger partial charge in [-0.2, -0.15) is 0 Å². The van der Waals surface area contributed by atoms with Gasteiger partial charge in [0.1, 0.15) is 11.4 Å². The Bertz CT molecular complexity index is 1010. The minimum Gasteiger partial charge on any atom is -0.462 e. The molecule has 2 aromatic carbocycles. The Hall–Kier alpha value is -3.54. The molecule has 3 aromatic rings. The maximum absolute atomic E-state index is 12.9. The van der Waals surface area contributed by atoms with E-state index in [9.17, 15) is 9.59 Å². The van der Waals surface area contributed by atoms with E-state index in [1.165, 1.54) is 5.69 Å². The number of carbonyl (C=O) groups is 2. The molecule has 1 aliphatic heterocycles. The van der Waals surface area contributed by atoms with Gasteiger partial charge in [0.15, 0.2) is 0 Å². The van der Waals surface area contributed by atoms with Gasteiger partial charge in [0.2, 0.25) is 5.78 Å². The fourth-order valence-electron chi connectivity index (χ4n) is 3.75. The summed E-state index contributed by atoms with van der Waals surface area (Å²) >= 11 is 0. The molecular formula is C24H25N3O3. The quantitative estimate of drug-likeness (QED) is 0.502. The SMILES string of the molecule is CCOC(=O)c1cc(C(=O)c2ccccc2)[nH]c1N1CCN(c2ccccc2)CC1. The molecule has 1 fully saturated rings. The molecular weight excluding hydrogens is 378 g/mol. The molecule has 0 amide bonds. The summed E-state index contributed by atoms with van der Waals surface area (Å²) in [6, 6.07) is 21.0.